The Bertz CT molecular complexity index is 898. The Kier molecular flexibility index (Phi) is 8.79. The fourth-order valence-corrected chi connectivity index (χ4v) is 2.28. The highest BCUT2D eigenvalue weighted by Gasteiger charge is 2.20. The highest BCUT2D eigenvalue weighted by Crippen LogP contribution is 2.00. The van der Waals surface area contributed by atoms with Gasteiger partial charge in [-0.25, -0.2) is 4.79 Å². The van der Waals surface area contributed by atoms with Crippen LogP contribution in [0.2, 0.25) is 0 Å². The molecule has 2 rings (SSSR count). The highest BCUT2D eigenvalue weighted by molar-refractivity contribution is 5.97. The van der Waals surface area contributed by atoms with E-state index in [0.717, 1.165) is 11.1 Å². The minimum Gasteiger partial charge on any atom is -0.451 e. The fraction of sp³-hybridized carbons (Fsp3) is 0.182. The molecule has 2 aromatic carbocycles. The monoisotopic (exact) mass is 409 g/mol. The number of esters is 1. The molecule has 0 bridgehead atoms. The highest BCUT2D eigenvalue weighted by atomic mass is 16.5. The summed E-state index contributed by atoms with van der Waals surface area (Å²) in [5.41, 5.74) is 1.71. The average Bonchev–Trinajstić information content (AvgIpc) is 2.76. The Hall–Kier alpha value is -3.94. The lowest BCUT2D eigenvalue weighted by molar-refractivity contribution is -0.154. The molecule has 0 saturated carbocycles. The molecule has 0 aliphatic rings. The molecule has 8 nitrogen and oxygen atoms in total. The maximum absolute atomic E-state index is 12.0. The molecule has 0 spiro atoms. The molecular weight excluding hydrogens is 386 g/mol. The van der Waals surface area contributed by atoms with E-state index in [0.29, 0.717) is 0 Å². The van der Waals surface area contributed by atoms with Crippen LogP contribution in [0.5, 0.6) is 0 Å². The Morgan fingerprint density at radius 1 is 0.933 bits per heavy atom. The van der Waals surface area contributed by atoms with Crippen LogP contribution in [-0.4, -0.2) is 36.5 Å². The van der Waals surface area contributed by atoms with Gasteiger partial charge in [0, 0.05) is 12.6 Å². The van der Waals surface area contributed by atoms with Crippen molar-refractivity contribution in [3.63, 3.8) is 0 Å². The van der Waals surface area contributed by atoms with Gasteiger partial charge < -0.3 is 15.4 Å². The minimum atomic E-state index is -1.20. The van der Waals surface area contributed by atoms with E-state index in [-0.39, 0.29) is 6.54 Å². The van der Waals surface area contributed by atoms with Gasteiger partial charge in [-0.15, -0.1) is 0 Å². The number of urea groups is 1. The minimum absolute atomic E-state index is 0.247. The summed E-state index contributed by atoms with van der Waals surface area (Å²) in [6.07, 6.45) is 1.69. The zero-order valence-corrected chi connectivity index (χ0v) is 16.5. The third-order valence-corrected chi connectivity index (χ3v) is 3.84. The van der Waals surface area contributed by atoms with E-state index >= 15 is 0 Å². The molecule has 0 aliphatic heterocycles. The van der Waals surface area contributed by atoms with Crippen molar-refractivity contribution in [2.45, 2.75) is 19.6 Å². The molecule has 156 valence electrons. The van der Waals surface area contributed by atoms with E-state index in [2.05, 4.69) is 16.0 Å². The van der Waals surface area contributed by atoms with Crippen molar-refractivity contribution in [3.05, 3.63) is 77.9 Å². The van der Waals surface area contributed by atoms with Gasteiger partial charge in [0.2, 0.25) is 5.91 Å². The van der Waals surface area contributed by atoms with Crippen LogP contribution in [0.3, 0.4) is 0 Å². The van der Waals surface area contributed by atoms with E-state index in [1.807, 2.05) is 60.7 Å². The van der Waals surface area contributed by atoms with Crippen LogP contribution in [0.25, 0.3) is 6.08 Å². The molecule has 3 N–H and O–H groups in total. The first-order valence-corrected chi connectivity index (χ1v) is 9.27. The van der Waals surface area contributed by atoms with Crippen molar-refractivity contribution in [1.29, 1.82) is 0 Å². The predicted molar refractivity (Wildman–Crippen MR) is 111 cm³/mol. The van der Waals surface area contributed by atoms with E-state index in [9.17, 15) is 19.2 Å². The Morgan fingerprint density at radius 3 is 2.23 bits per heavy atom. The van der Waals surface area contributed by atoms with Crippen molar-refractivity contribution in [3.8, 4) is 0 Å². The number of benzene rings is 2. The lowest BCUT2D eigenvalue weighted by atomic mass is 10.2. The molecule has 0 fully saturated rings. The van der Waals surface area contributed by atoms with Gasteiger partial charge in [0.25, 0.3) is 5.91 Å². The lowest BCUT2D eigenvalue weighted by Crippen LogP contribution is -2.45. The maximum Gasteiger partial charge on any atom is 0.326 e. The molecule has 0 unspecified atom stereocenters. The number of carbonyl (C=O) groups excluding carboxylic acids is 4. The lowest BCUT2D eigenvalue weighted by Gasteiger charge is -2.13. The molecule has 0 aromatic heterocycles. The van der Waals surface area contributed by atoms with E-state index in [4.69, 9.17) is 4.74 Å². The summed E-state index contributed by atoms with van der Waals surface area (Å²) in [7, 11) is 0. The zero-order chi connectivity index (χ0) is 21.8. The number of imide groups is 1. The first kappa shape index (κ1) is 22.4. The molecular formula is C22H23N3O5. The van der Waals surface area contributed by atoms with Gasteiger partial charge >= 0.3 is 12.0 Å². The van der Waals surface area contributed by atoms with Gasteiger partial charge in [-0.3, -0.25) is 19.7 Å². The number of ether oxygens (including phenoxy) is 1. The van der Waals surface area contributed by atoms with Gasteiger partial charge in [-0.2, -0.15) is 0 Å². The summed E-state index contributed by atoms with van der Waals surface area (Å²) >= 11 is 0. The van der Waals surface area contributed by atoms with E-state index in [1.165, 1.54) is 13.0 Å². The number of hydrogen-bond acceptors (Lipinski definition) is 5. The molecule has 0 radical (unpaired) electrons. The van der Waals surface area contributed by atoms with Gasteiger partial charge in [-0.05, 0) is 24.1 Å². The van der Waals surface area contributed by atoms with Gasteiger partial charge in [0.05, 0.1) is 0 Å². The number of rotatable bonds is 8. The third kappa shape index (κ3) is 8.39. The van der Waals surface area contributed by atoms with Crippen molar-refractivity contribution in [2.75, 3.05) is 6.54 Å². The summed E-state index contributed by atoms with van der Waals surface area (Å²) in [5, 5.41) is 6.99. The number of amides is 4. The summed E-state index contributed by atoms with van der Waals surface area (Å²) in [5.74, 6) is -2.05. The predicted octanol–water partition coefficient (Wildman–Crippen LogP) is 1.77. The molecule has 0 saturated heterocycles. The smallest absolute Gasteiger partial charge is 0.326 e. The second kappa shape index (κ2) is 11.8. The van der Waals surface area contributed by atoms with Crippen LogP contribution in [0.1, 0.15) is 18.1 Å². The third-order valence-electron chi connectivity index (χ3n) is 3.84. The second-order valence-corrected chi connectivity index (χ2v) is 6.25. The molecule has 0 aliphatic carbocycles. The standard InChI is InChI=1S/C22H23N3O5/c1-16(21(28)25-22(29)24-14-18-10-6-3-7-11-18)30-20(27)15-23-19(26)13-12-17-8-4-2-5-9-17/h2-13,16H,14-15H2,1H3,(H,23,26)(H2,24,25,28,29)/b13-12+/t16-/m1/s1. The van der Waals surface area contributed by atoms with Crippen LogP contribution < -0.4 is 16.0 Å². The van der Waals surface area contributed by atoms with Crippen molar-refractivity contribution >= 4 is 29.9 Å². The summed E-state index contributed by atoms with van der Waals surface area (Å²) in [6.45, 7) is 1.17. The van der Waals surface area contributed by atoms with Crippen LogP contribution in [-0.2, 0) is 25.7 Å². The Morgan fingerprint density at radius 2 is 1.57 bits per heavy atom. The SMILES string of the molecule is C[C@@H](OC(=O)CNC(=O)/C=C/c1ccccc1)C(=O)NC(=O)NCc1ccccc1. The number of hydrogen-bond donors (Lipinski definition) is 3. The molecule has 30 heavy (non-hydrogen) atoms. The van der Waals surface area contributed by atoms with Crippen LogP contribution in [0.4, 0.5) is 4.79 Å². The van der Waals surface area contributed by atoms with Crippen molar-refractivity contribution < 1.29 is 23.9 Å². The molecule has 0 heterocycles. The van der Waals surface area contributed by atoms with Crippen molar-refractivity contribution in [2.24, 2.45) is 0 Å². The quantitative estimate of drug-likeness (QED) is 0.454. The van der Waals surface area contributed by atoms with Gasteiger partial charge in [0.15, 0.2) is 6.10 Å². The second-order valence-electron chi connectivity index (χ2n) is 6.25. The van der Waals surface area contributed by atoms with E-state index < -0.39 is 36.5 Å². The Labute approximate surface area is 174 Å². The average molecular weight is 409 g/mol. The largest absolute Gasteiger partial charge is 0.451 e. The molecule has 4 amide bonds. The maximum atomic E-state index is 12.0. The molecule has 8 heteroatoms. The van der Waals surface area contributed by atoms with Crippen LogP contribution in [0, 0.1) is 0 Å². The van der Waals surface area contributed by atoms with Crippen LogP contribution in [0.15, 0.2) is 66.7 Å². The number of nitrogens with one attached hydrogen (secondary N) is 3. The molecule has 2 aromatic rings. The Balaban J connectivity index is 1.67. The van der Waals surface area contributed by atoms with Crippen LogP contribution >= 0.6 is 0 Å². The zero-order valence-electron chi connectivity index (χ0n) is 16.5. The first-order valence-electron chi connectivity index (χ1n) is 9.27. The first-order chi connectivity index (χ1) is 14.4. The van der Waals surface area contributed by atoms with Crippen molar-refractivity contribution in [1.82, 2.24) is 16.0 Å². The summed E-state index contributed by atoms with van der Waals surface area (Å²) in [6, 6.07) is 17.7. The van der Waals surface area contributed by atoms with Gasteiger partial charge in [0.1, 0.15) is 6.54 Å². The topological polar surface area (TPSA) is 114 Å². The summed E-state index contributed by atoms with van der Waals surface area (Å²) in [4.78, 5) is 47.3. The fourth-order valence-electron chi connectivity index (χ4n) is 2.28. The van der Waals surface area contributed by atoms with Gasteiger partial charge in [-0.1, -0.05) is 60.7 Å². The normalized spacial score (nSPS) is 11.4. The molecule has 1 atom stereocenters. The summed E-state index contributed by atoms with van der Waals surface area (Å²) < 4.78 is 4.92. The van der Waals surface area contributed by atoms with E-state index in [1.54, 1.807) is 6.08 Å². The number of carbonyl (C=O) groups is 4.